The van der Waals surface area contributed by atoms with Crippen molar-refractivity contribution in [3.63, 3.8) is 0 Å². The minimum absolute atomic E-state index is 0.215. The molecule has 3 aliphatic heterocycles. The minimum atomic E-state index is -0.831. The Labute approximate surface area is 147 Å². The van der Waals surface area contributed by atoms with Gasteiger partial charge in [-0.1, -0.05) is 12.8 Å². The van der Waals surface area contributed by atoms with Gasteiger partial charge in [-0.2, -0.15) is 0 Å². The maximum absolute atomic E-state index is 9.27. The van der Waals surface area contributed by atoms with Gasteiger partial charge in [0.2, 0.25) is 6.29 Å². The summed E-state index contributed by atoms with van der Waals surface area (Å²) in [4.78, 5) is 4.56. The predicted molar refractivity (Wildman–Crippen MR) is 84.6 cm³/mol. The van der Waals surface area contributed by atoms with E-state index in [0.717, 1.165) is 51.4 Å². The third kappa shape index (κ3) is 2.84. The van der Waals surface area contributed by atoms with Gasteiger partial charge >= 0.3 is 0 Å². The van der Waals surface area contributed by atoms with Gasteiger partial charge in [-0.25, -0.2) is 10.1 Å². The molecule has 7 heteroatoms. The van der Waals surface area contributed by atoms with E-state index in [2.05, 4.69) is 4.89 Å². The van der Waals surface area contributed by atoms with E-state index in [-0.39, 0.29) is 18.3 Å². The standard InChI is InChI=1S/C18H28O7/c19-25-16-15-14(23-18(24-15)9-5-2-6-10-18)13(21-16)12-11-20-17(22-12)7-3-1-4-8-17/h12-16,19H,1-11H2/t12-,13-,14+,15+,16?/m1/s1. The van der Waals surface area contributed by atoms with Crippen LogP contribution in [0, 0.1) is 0 Å². The van der Waals surface area contributed by atoms with E-state index in [1.54, 1.807) is 0 Å². The maximum Gasteiger partial charge on any atom is 0.220 e. The van der Waals surface area contributed by atoms with Gasteiger partial charge in [0.05, 0.1) is 6.61 Å². The van der Waals surface area contributed by atoms with Crippen molar-refractivity contribution in [3.8, 4) is 0 Å². The molecule has 2 saturated carbocycles. The maximum atomic E-state index is 9.27. The van der Waals surface area contributed by atoms with E-state index in [1.165, 1.54) is 12.8 Å². The normalized spacial score (nSPS) is 45.2. The van der Waals surface area contributed by atoms with Crippen LogP contribution in [0.4, 0.5) is 0 Å². The van der Waals surface area contributed by atoms with Crippen LogP contribution < -0.4 is 0 Å². The Morgan fingerprint density at radius 3 is 2.04 bits per heavy atom. The van der Waals surface area contributed by atoms with Crippen LogP contribution in [0.15, 0.2) is 0 Å². The summed E-state index contributed by atoms with van der Waals surface area (Å²) in [7, 11) is 0. The van der Waals surface area contributed by atoms with Crippen LogP contribution in [0.25, 0.3) is 0 Å². The van der Waals surface area contributed by atoms with Crippen molar-refractivity contribution in [1.29, 1.82) is 0 Å². The second-order valence-electron chi connectivity index (χ2n) is 8.15. The van der Waals surface area contributed by atoms with Crippen LogP contribution in [0.2, 0.25) is 0 Å². The molecule has 0 aromatic rings. The number of ether oxygens (including phenoxy) is 5. The van der Waals surface area contributed by atoms with Gasteiger partial charge < -0.3 is 23.7 Å². The summed E-state index contributed by atoms with van der Waals surface area (Å²) in [5, 5.41) is 9.27. The molecule has 1 N–H and O–H groups in total. The second kappa shape index (κ2) is 6.41. The van der Waals surface area contributed by atoms with Crippen molar-refractivity contribution in [2.75, 3.05) is 6.61 Å². The average molecular weight is 356 g/mol. The largest absolute Gasteiger partial charge is 0.347 e. The quantitative estimate of drug-likeness (QED) is 0.602. The highest BCUT2D eigenvalue weighted by Crippen LogP contribution is 2.48. The molecule has 0 radical (unpaired) electrons. The molecule has 5 aliphatic rings. The fourth-order valence-electron chi connectivity index (χ4n) is 5.23. The van der Waals surface area contributed by atoms with Crippen molar-refractivity contribution in [2.24, 2.45) is 0 Å². The molecule has 5 fully saturated rings. The summed E-state index contributed by atoms with van der Waals surface area (Å²) in [6.07, 6.45) is 8.47. The highest BCUT2D eigenvalue weighted by molar-refractivity contribution is 5.02. The Balaban J connectivity index is 1.32. The van der Waals surface area contributed by atoms with E-state index < -0.39 is 24.0 Å². The SMILES string of the molecule is OOC1O[C@H]([C@H]2COC3(CCCCC3)O2)[C@@H]2OC3(CCCCC3)O[C@H]12. The van der Waals surface area contributed by atoms with Crippen LogP contribution in [0.3, 0.4) is 0 Å². The lowest BCUT2D eigenvalue weighted by Gasteiger charge is -2.35. The molecule has 0 aromatic heterocycles. The first kappa shape index (κ1) is 16.9. The lowest BCUT2D eigenvalue weighted by molar-refractivity contribution is -0.370. The van der Waals surface area contributed by atoms with Crippen molar-refractivity contribution < 1.29 is 33.8 Å². The molecule has 5 rings (SSSR count). The fraction of sp³-hybridized carbons (Fsp3) is 1.00. The number of fused-ring (bicyclic) bond motifs is 1. The zero-order chi connectivity index (χ0) is 16.9. The molecule has 3 heterocycles. The summed E-state index contributed by atoms with van der Waals surface area (Å²) < 4.78 is 30.9. The first-order valence-corrected chi connectivity index (χ1v) is 9.86. The third-order valence-electron chi connectivity index (χ3n) is 6.49. The monoisotopic (exact) mass is 356 g/mol. The molecular formula is C18H28O7. The highest BCUT2D eigenvalue weighted by Gasteiger charge is 2.62. The number of rotatable bonds is 2. The van der Waals surface area contributed by atoms with Gasteiger partial charge in [0.25, 0.3) is 0 Å². The van der Waals surface area contributed by atoms with Crippen molar-refractivity contribution in [3.05, 3.63) is 0 Å². The molecule has 2 spiro atoms. The highest BCUT2D eigenvalue weighted by atomic mass is 17.1. The molecule has 142 valence electrons. The molecule has 7 nitrogen and oxygen atoms in total. The molecule has 0 amide bonds. The van der Waals surface area contributed by atoms with Crippen LogP contribution in [0.1, 0.15) is 64.2 Å². The molecule has 0 bridgehead atoms. The molecule has 2 aliphatic carbocycles. The summed E-state index contributed by atoms with van der Waals surface area (Å²) in [6.45, 7) is 0.488. The first-order valence-electron chi connectivity index (χ1n) is 9.86. The lowest BCUT2D eigenvalue weighted by atomic mass is 9.94. The van der Waals surface area contributed by atoms with E-state index in [0.29, 0.717) is 6.61 Å². The van der Waals surface area contributed by atoms with Crippen LogP contribution in [-0.4, -0.2) is 54.1 Å². The van der Waals surface area contributed by atoms with E-state index in [9.17, 15) is 5.26 Å². The third-order valence-corrected chi connectivity index (χ3v) is 6.49. The summed E-state index contributed by atoms with van der Waals surface area (Å²) in [5.74, 6) is -1.00. The van der Waals surface area contributed by atoms with Crippen LogP contribution in [-0.2, 0) is 28.6 Å². The molecule has 3 saturated heterocycles. The lowest BCUT2D eigenvalue weighted by Crippen LogP contribution is -2.43. The molecule has 1 unspecified atom stereocenters. The van der Waals surface area contributed by atoms with Crippen molar-refractivity contribution in [1.82, 2.24) is 0 Å². The van der Waals surface area contributed by atoms with E-state index >= 15 is 0 Å². The van der Waals surface area contributed by atoms with Gasteiger partial charge in [-0.05, 0) is 25.7 Å². The smallest absolute Gasteiger partial charge is 0.220 e. The fourth-order valence-corrected chi connectivity index (χ4v) is 5.23. The zero-order valence-corrected chi connectivity index (χ0v) is 14.6. The van der Waals surface area contributed by atoms with E-state index in [1.807, 2.05) is 0 Å². The summed E-state index contributed by atoms with van der Waals surface area (Å²) >= 11 is 0. The van der Waals surface area contributed by atoms with Crippen molar-refractivity contribution in [2.45, 2.75) is 106 Å². The molecule has 0 aromatic carbocycles. The summed E-state index contributed by atoms with van der Waals surface area (Å²) in [6, 6.07) is 0. The molecule has 25 heavy (non-hydrogen) atoms. The molecule has 5 atom stereocenters. The van der Waals surface area contributed by atoms with Gasteiger partial charge in [0.1, 0.15) is 24.4 Å². The average Bonchev–Trinajstić information content (AvgIpc) is 3.29. The van der Waals surface area contributed by atoms with Gasteiger partial charge in [0, 0.05) is 25.7 Å². The topological polar surface area (TPSA) is 75.6 Å². The van der Waals surface area contributed by atoms with Crippen LogP contribution in [0.5, 0.6) is 0 Å². The first-order chi connectivity index (χ1) is 12.2. The number of hydrogen-bond acceptors (Lipinski definition) is 7. The predicted octanol–water partition coefficient (Wildman–Crippen LogP) is 2.72. The Hall–Kier alpha value is -0.280. The Kier molecular flexibility index (Phi) is 4.32. The second-order valence-corrected chi connectivity index (χ2v) is 8.15. The van der Waals surface area contributed by atoms with Gasteiger partial charge in [-0.15, -0.1) is 0 Å². The van der Waals surface area contributed by atoms with Crippen LogP contribution >= 0.6 is 0 Å². The molecular weight excluding hydrogens is 328 g/mol. The Morgan fingerprint density at radius 1 is 0.720 bits per heavy atom. The van der Waals surface area contributed by atoms with Crippen molar-refractivity contribution >= 4 is 0 Å². The van der Waals surface area contributed by atoms with Gasteiger partial charge in [-0.3, -0.25) is 0 Å². The minimum Gasteiger partial charge on any atom is -0.347 e. The van der Waals surface area contributed by atoms with E-state index in [4.69, 9.17) is 23.7 Å². The number of hydrogen-bond donors (Lipinski definition) is 1. The Morgan fingerprint density at radius 2 is 1.36 bits per heavy atom. The Bertz CT molecular complexity index is 486. The zero-order valence-electron chi connectivity index (χ0n) is 14.6. The van der Waals surface area contributed by atoms with Gasteiger partial charge in [0.15, 0.2) is 11.6 Å². The summed E-state index contributed by atoms with van der Waals surface area (Å²) in [5.41, 5.74) is 0.